The van der Waals surface area contributed by atoms with Crippen molar-refractivity contribution in [3.8, 4) is 0 Å². The number of nitrogens with two attached hydrogens (primary N) is 1. The average molecular weight is 275 g/mol. The normalized spacial score (nSPS) is 27.2. The Morgan fingerprint density at radius 2 is 2.00 bits per heavy atom. The third kappa shape index (κ3) is 4.07. The van der Waals surface area contributed by atoms with Gasteiger partial charge in [-0.05, 0) is 48.6 Å². The Balaban J connectivity index is 1.90. The lowest BCUT2D eigenvalue weighted by atomic mass is 9.71. The molecular formula is C18H29NO. The summed E-state index contributed by atoms with van der Waals surface area (Å²) >= 11 is 0. The third-order valence-electron chi connectivity index (χ3n) is 4.45. The van der Waals surface area contributed by atoms with Gasteiger partial charge in [-0.25, -0.2) is 0 Å². The molecule has 1 aromatic rings. The maximum absolute atomic E-state index is 6.29. The molecule has 3 atom stereocenters. The molecule has 0 aromatic heterocycles. The number of benzene rings is 1. The summed E-state index contributed by atoms with van der Waals surface area (Å²) in [6.07, 6.45) is 3.99. The van der Waals surface area contributed by atoms with Gasteiger partial charge < -0.3 is 10.5 Å². The van der Waals surface area contributed by atoms with Gasteiger partial charge in [-0.3, -0.25) is 0 Å². The molecule has 112 valence electrons. The Morgan fingerprint density at radius 1 is 1.30 bits per heavy atom. The molecule has 0 bridgehead atoms. The number of aryl methyl sites for hydroxylation is 1. The van der Waals surface area contributed by atoms with Gasteiger partial charge in [-0.1, -0.05) is 45.0 Å². The molecule has 2 N–H and O–H groups in total. The zero-order valence-electron chi connectivity index (χ0n) is 13.4. The van der Waals surface area contributed by atoms with Crippen molar-refractivity contribution in [2.24, 2.45) is 17.1 Å². The van der Waals surface area contributed by atoms with E-state index < -0.39 is 0 Å². The molecule has 2 heteroatoms. The van der Waals surface area contributed by atoms with E-state index in [2.05, 4.69) is 45.9 Å². The van der Waals surface area contributed by atoms with E-state index in [1.165, 1.54) is 24.0 Å². The van der Waals surface area contributed by atoms with Crippen LogP contribution < -0.4 is 5.73 Å². The Kier molecular flexibility index (Phi) is 4.87. The van der Waals surface area contributed by atoms with E-state index in [9.17, 15) is 0 Å². The van der Waals surface area contributed by atoms with Crippen molar-refractivity contribution in [1.82, 2.24) is 0 Å². The maximum Gasteiger partial charge on any atom is 0.0663 e. The van der Waals surface area contributed by atoms with Gasteiger partial charge in [0.15, 0.2) is 0 Å². The first-order chi connectivity index (χ1) is 9.37. The van der Waals surface area contributed by atoms with Crippen LogP contribution in [0, 0.1) is 18.3 Å². The highest BCUT2D eigenvalue weighted by atomic mass is 16.5. The zero-order chi connectivity index (χ0) is 14.8. The summed E-state index contributed by atoms with van der Waals surface area (Å²) in [5.74, 6) is 0.749. The van der Waals surface area contributed by atoms with E-state index in [1.54, 1.807) is 0 Å². The first-order valence-corrected chi connectivity index (χ1v) is 7.80. The van der Waals surface area contributed by atoms with Crippen LogP contribution in [0.4, 0.5) is 0 Å². The van der Waals surface area contributed by atoms with Crippen molar-refractivity contribution in [2.75, 3.05) is 6.61 Å². The number of hydrogen-bond acceptors (Lipinski definition) is 2. The summed E-state index contributed by atoms with van der Waals surface area (Å²) in [6.45, 7) is 9.76. The Labute approximate surface area is 123 Å². The summed E-state index contributed by atoms with van der Waals surface area (Å²) in [7, 11) is 0. The van der Waals surface area contributed by atoms with Crippen molar-refractivity contribution in [3.05, 3.63) is 35.4 Å². The summed E-state index contributed by atoms with van der Waals surface area (Å²) < 4.78 is 6.14. The summed E-state index contributed by atoms with van der Waals surface area (Å²) in [6, 6.07) is 8.31. The van der Waals surface area contributed by atoms with Crippen molar-refractivity contribution in [1.29, 1.82) is 0 Å². The van der Waals surface area contributed by atoms with Gasteiger partial charge in [-0.2, -0.15) is 0 Å². The fourth-order valence-corrected chi connectivity index (χ4v) is 3.72. The summed E-state index contributed by atoms with van der Waals surface area (Å²) in [5, 5.41) is 0. The highest BCUT2D eigenvalue weighted by molar-refractivity contribution is 5.28. The van der Waals surface area contributed by atoms with Crippen LogP contribution in [0.5, 0.6) is 0 Å². The van der Waals surface area contributed by atoms with E-state index >= 15 is 0 Å². The molecule has 1 aliphatic rings. The molecule has 3 unspecified atom stereocenters. The highest BCUT2D eigenvalue weighted by Crippen LogP contribution is 2.39. The fourth-order valence-electron chi connectivity index (χ4n) is 3.72. The molecule has 0 amide bonds. The molecule has 2 nitrogen and oxygen atoms in total. The molecule has 1 saturated carbocycles. The van der Waals surface area contributed by atoms with E-state index in [0.717, 1.165) is 12.3 Å². The molecule has 1 aliphatic carbocycles. The molecule has 0 heterocycles. The van der Waals surface area contributed by atoms with Crippen molar-refractivity contribution in [2.45, 2.75) is 59.1 Å². The predicted octanol–water partition coefficient (Wildman–Crippen LogP) is 4.23. The van der Waals surface area contributed by atoms with E-state index in [-0.39, 0.29) is 6.04 Å². The van der Waals surface area contributed by atoms with Gasteiger partial charge in [0.25, 0.3) is 0 Å². The average Bonchev–Trinajstić information content (AvgIpc) is 2.34. The second kappa shape index (κ2) is 6.28. The van der Waals surface area contributed by atoms with Crippen LogP contribution in [0.2, 0.25) is 0 Å². The first kappa shape index (κ1) is 15.5. The minimum atomic E-state index is -0.0171. The summed E-state index contributed by atoms with van der Waals surface area (Å²) in [5.41, 5.74) is 9.14. The van der Waals surface area contributed by atoms with Crippen LogP contribution >= 0.6 is 0 Å². The topological polar surface area (TPSA) is 35.2 Å². The first-order valence-electron chi connectivity index (χ1n) is 7.80. The lowest BCUT2D eigenvalue weighted by molar-refractivity contribution is -0.0279. The monoisotopic (exact) mass is 275 g/mol. The Hall–Kier alpha value is -0.860. The summed E-state index contributed by atoms with van der Waals surface area (Å²) in [4.78, 5) is 0. The fraction of sp³-hybridized carbons (Fsp3) is 0.667. The van der Waals surface area contributed by atoms with E-state index in [1.807, 2.05) is 6.07 Å². The predicted molar refractivity (Wildman–Crippen MR) is 84.6 cm³/mol. The number of rotatable bonds is 4. The molecule has 1 fully saturated rings. The van der Waals surface area contributed by atoms with E-state index in [4.69, 9.17) is 10.5 Å². The SMILES string of the molecule is Cc1ccccc1C(N)COC1CC(C)CC(C)(C)C1. The highest BCUT2D eigenvalue weighted by Gasteiger charge is 2.32. The molecule has 0 aliphatic heterocycles. The standard InChI is InChI=1S/C18H29NO/c1-13-9-15(11-18(3,4)10-13)20-12-17(19)16-8-6-5-7-14(16)2/h5-8,13,15,17H,9-12,19H2,1-4H3. The van der Waals surface area contributed by atoms with Crippen LogP contribution in [-0.2, 0) is 4.74 Å². The largest absolute Gasteiger partial charge is 0.376 e. The van der Waals surface area contributed by atoms with Crippen LogP contribution in [0.1, 0.15) is 57.2 Å². The molecule has 0 radical (unpaired) electrons. The Morgan fingerprint density at radius 3 is 2.65 bits per heavy atom. The quantitative estimate of drug-likeness (QED) is 0.892. The molecule has 20 heavy (non-hydrogen) atoms. The van der Waals surface area contributed by atoms with Crippen LogP contribution in [0.15, 0.2) is 24.3 Å². The minimum absolute atomic E-state index is 0.0171. The molecular weight excluding hydrogens is 246 g/mol. The second-order valence-corrected chi connectivity index (χ2v) is 7.33. The zero-order valence-corrected chi connectivity index (χ0v) is 13.4. The molecule has 0 spiro atoms. The van der Waals surface area contributed by atoms with Gasteiger partial charge in [0.05, 0.1) is 18.8 Å². The van der Waals surface area contributed by atoms with Gasteiger partial charge in [0.1, 0.15) is 0 Å². The van der Waals surface area contributed by atoms with E-state index in [0.29, 0.717) is 18.1 Å². The van der Waals surface area contributed by atoms with Crippen molar-refractivity contribution in [3.63, 3.8) is 0 Å². The van der Waals surface area contributed by atoms with Crippen molar-refractivity contribution >= 4 is 0 Å². The van der Waals surface area contributed by atoms with Crippen molar-refractivity contribution < 1.29 is 4.74 Å². The van der Waals surface area contributed by atoms with Gasteiger partial charge in [-0.15, -0.1) is 0 Å². The lowest BCUT2D eigenvalue weighted by Crippen LogP contribution is -2.34. The smallest absolute Gasteiger partial charge is 0.0663 e. The lowest BCUT2D eigenvalue weighted by Gasteiger charge is -2.39. The maximum atomic E-state index is 6.29. The minimum Gasteiger partial charge on any atom is -0.376 e. The van der Waals surface area contributed by atoms with Crippen LogP contribution in [0.25, 0.3) is 0 Å². The van der Waals surface area contributed by atoms with Crippen LogP contribution in [-0.4, -0.2) is 12.7 Å². The van der Waals surface area contributed by atoms with Crippen LogP contribution in [0.3, 0.4) is 0 Å². The van der Waals surface area contributed by atoms with Gasteiger partial charge in [0, 0.05) is 0 Å². The van der Waals surface area contributed by atoms with Gasteiger partial charge in [0.2, 0.25) is 0 Å². The van der Waals surface area contributed by atoms with Gasteiger partial charge >= 0.3 is 0 Å². The number of hydrogen-bond donors (Lipinski definition) is 1. The third-order valence-corrected chi connectivity index (χ3v) is 4.45. The Bertz CT molecular complexity index is 441. The molecule has 0 saturated heterocycles. The number of ether oxygens (including phenoxy) is 1. The molecule has 2 rings (SSSR count). The second-order valence-electron chi connectivity index (χ2n) is 7.33. The molecule has 1 aromatic carbocycles.